The molecule has 0 aliphatic heterocycles. The van der Waals surface area contributed by atoms with Gasteiger partial charge in [0.1, 0.15) is 0 Å². The summed E-state index contributed by atoms with van der Waals surface area (Å²) in [6, 6.07) is 18.7. The number of hydrogen-bond donors (Lipinski definition) is 0. The standard InChI is InChI=1S/2C10H9.C2H7Si.C2H5.2ClH.Zr/c2*1-8-6-9-4-2-3-5-10(9)7-8;1-2-3;1-2;;;/h2*2-7H,1H3;2-3H2,1H3;1H2,2H3;2*1H;/q;;;;;;+2/p-2. The average molecular weight is 509 g/mol. The number of allylic oxidation sites excluding steroid dienone is 2. The molecule has 2 aromatic rings. The van der Waals surface area contributed by atoms with E-state index in [0.717, 1.165) is 10.2 Å². The summed E-state index contributed by atoms with van der Waals surface area (Å²) in [5.41, 5.74) is 8.14. The van der Waals surface area contributed by atoms with E-state index in [1.165, 1.54) is 33.4 Å². The maximum atomic E-state index is 8.34. The van der Waals surface area contributed by atoms with E-state index in [-0.39, 0.29) is 7.25 Å². The van der Waals surface area contributed by atoms with Crippen LogP contribution in [0.1, 0.15) is 57.2 Å². The molecule has 0 heterocycles. The summed E-state index contributed by atoms with van der Waals surface area (Å²) in [7, 11) is 16.7. The van der Waals surface area contributed by atoms with E-state index in [1.807, 2.05) is 0 Å². The molecule has 4 heteroatoms. The molecule has 0 nitrogen and oxygen atoms in total. The van der Waals surface area contributed by atoms with Crippen molar-refractivity contribution in [1.29, 1.82) is 0 Å². The molecular formula is C24H30Cl2SiZr. The topological polar surface area (TPSA) is 0 Å². The molecule has 4 rings (SSSR count). The van der Waals surface area contributed by atoms with Crippen LogP contribution < -0.4 is 0 Å². The molecule has 2 atom stereocenters. The van der Waals surface area contributed by atoms with Crippen LogP contribution in [0.3, 0.4) is 0 Å². The monoisotopic (exact) mass is 506 g/mol. The quantitative estimate of drug-likeness (QED) is 0.362. The number of fused-ring (bicyclic) bond motifs is 2. The summed E-state index contributed by atoms with van der Waals surface area (Å²) in [6.07, 6.45) is 4.69. The van der Waals surface area contributed by atoms with Crippen LogP contribution in [0.25, 0.3) is 12.2 Å². The molecule has 2 aliphatic carbocycles. The van der Waals surface area contributed by atoms with Gasteiger partial charge >= 0.3 is 177 Å². The second-order valence-corrected chi connectivity index (χ2v) is 62.4. The average Bonchev–Trinajstić information content (AvgIpc) is 3.19. The molecular weight excluding hydrogens is 478 g/mol. The molecule has 0 fully saturated rings. The summed E-state index contributed by atoms with van der Waals surface area (Å²) in [5, 5.41) is 0. The third kappa shape index (κ3) is 2.64. The molecule has 0 aromatic heterocycles. The third-order valence-corrected chi connectivity index (χ3v) is 61.8. The fourth-order valence-corrected chi connectivity index (χ4v) is 60.4. The first-order chi connectivity index (χ1) is 13.2. The Hall–Kier alpha value is -0.400. The van der Waals surface area contributed by atoms with Gasteiger partial charge in [0.15, 0.2) is 0 Å². The second-order valence-electron chi connectivity index (χ2n) is 9.28. The van der Waals surface area contributed by atoms with Crippen LogP contribution in [0.5, 0.6) is 0 Å². The predicted octanol–water partition coefficient (Wildman–Crippen LogP) is 7.80. The van der Waals surface area contributed by atoms with Gasteiger partial charge in [0.05, 0.1) is 0 Å². The van der Waals surface area contributed by atoms with Crippen LogP contribution in [-0.4, -0.2) is 6.65 Å². The van der Waals surface area contributed by atoms with Gasteiger partial charge in [0.2, 0.25) is 0 Å². The van der Waals surface area contributed by atoms with Crippen molar-refractivity contribution < 1.29 is 14.1 Å². The Morgan fingerprint density at radius 2 is 1.21 bits per heavy atom. The van der Waals surface area contributed by atoms with Gasteiger partial charge in [-0.2, -0.15) is 0 Å². The SMILES string of the molecule is CC[SiH2][Zr]([Cl])([Cl])([CH2]C)([CH]1C(C)=Cc2ccccc21)[CH]1C(C)=Cc2ccccc21. The van der Waals surface area contributed by atoms with Gasteiger partial charge in [-0.1, -0.05) is 0 Å². The van der Waals surface area contributed by atoms with Gasteiger partial charge in [0, 0.05) is 0 Å². The number of hydrogen-bond acceptors (Lipinski definition) is 0. The van der Waals surface area contributed by atoms with Crippen LogP contribution in [0.4, 0.5) is 0 Å². The van der Waals surface area contributed by atoms with Gasteiger partial charge in [-0.15, -0.1) is 0 Å². The van der Waals surface area contributed by atoms with Crippen molar-refractivity contribution in [3.05, 3.63) is 81.9 Å². The number of benzene rings is 2. The van der Waals surface area contributed by atoms with Gasteiger partial charge in [-0.05, 0) is 0 Å². The van der Waals surface area contributed by atoms with E-state index in [9.17, 15) is 0 Å². The fourth-order valence-electron chi connectivity index (χ4n) is 6.76. The normalized spacial score (nSPS) is 23.8. The summed E-state index contributed by atoms with van der Waals surface area (Å²) >= 11 is -4.90. The molecule has 2 aromatic carbocycles. The Kier molecular flexibility index (Phi) is 4.88. The summed E-state index contributed by atoms with van der Waals surface area (Å²) < 4.78 is 1.34. The van der Waals surface area contributed by atoms with Crippen LogP contribution in [0.15, 0.2) is 59.7 Å². The molecule has 0 radical (unpaired) electrons. The molecule has 0 bridgehead atoms. The molecule has 0 spiro atoms. The van der Waals surface area contributed by atoms with Crippen molar-refractivity contribution in [1.82, 2.24) is 0 Å². The Balaban J connectivity index is 2.08. The first kappa shape index (κ1) is 20.9. The zero-order chi connectivity index (χ0) is 20.2. The van der Waals surface area contributed by atoms with E-state index in [0.29, 0.717) is 0 Å². The Bertz CT molecular complexity index is 963. The zero-order valence-corrected chi connectivity index (χ0v) is 22.7. The molecule has 2 aliphatic rings. The molecule has 148 valence electrons. The Labute approximate surface area is 175 Å². The van der Waals surface area contributed by atoms with Crippen LogP contribution in [0.2, 0.25) is 10.2 Å². The minimum absolute atomic E-state index is 0.205. The molecule has 0 saturated carbocycles. The van der Waals surface area contributed by atoms with Crippen LogP contribution >= 0.6 is 17.0 Å². The van der Waals surface area contributed by atoms with Gasteiger partial charge in [-0.25, -0.2) is 0 Å². The van der Waals surface area contributed by atoms with Crippen molar-refractivity contribution in [2.45, 2.75) is 45.1 Å². The molecule has 0 amide bonds. The van der Waals surface area contributed by atoms with Gasteiger partial charge in [-0.3, -0.25) is 0 Å². The van der Waals surface area contributed by atoms with E-state index in [1.54, 1.807) is 0 Å². The van der Waals surface area contributed by atoms with E-state index >= 15 is 0 Å². The summed E-state index contributed by atoms with van der Waals surface area (Å²) in [4.78, 5) is 0. The van der Waals surface area contributed by atoms with Crippen LogP contribution in [0, 0.1) is 0 Å². The van der Waals surface area contributed by atoms with E-state index in [4.69, 9.17) is 17.0 Å². The molecule has 2 unspecified atom stereocenters. The van der Waals surface area contributed by atoms with E-state index in [2.05, 4.69) is 88.4 Å². The number of rotatable bonds is 5. The van der Waals surface area contributed by atoms with Crippen molar-refractivity contribution >= 4 is 35.8 Å². The summed E-state index contributed by atoms with van der Waals surface area (Å²) in [5.74, 6) is 0. The zero-order valence-electron chi connectivity index (χ0n) is 17.3. The third-order valence-electron chi connectivity index (χ3n) is 7.71. The van der Waals surface area contributed by atoms with E-state index < -0.39 is 20.7 Å². The number of halogens is 2. The molecule has 0 saturated heterocycles. The minimum atomic E-state index is -4.90. The van der Waals surface area contributed by atoms with Crippen LogP contribution in [-0.2, 0) is 14.1 Å². The van der Waals surface area contributed by atoms with Gasteiger partial charge in [0.25, 0.3) is 0 Å². The molecule has 0 N–H and O–H groups in total. The van der Waals surface area contributed by atoms with Crippen molar-refractivity contribution in [2.75, 3.05) is 0 Å². The first-order valence-corrected chi connectivity index (χ1v) is 28.4. The Morgan fingerprint density at radius 1 is 0.786 bits per heavy atom. The van der Waals surface area contributed by atoms with Crippen molar-refractivity contribution in [3.63, 3.8) is 0 Å². The first-order valence-electron chi connectivity index (χ1n) is 10.5. The molecule has 28 heavy (non-hydrogen) atoms. The maximum absolute atomic E-state index is 8.34. The summed E-state index contributed by atoms with van der Waals surface area (Å²) in [6.45, 7) is 8.42. The van der Waals surface area contributed by atoms with Gasteiger partial charge < -0.3 is 0 Å². The van der Waals surface area contributed by atoms with Crippen molar-refractivity contribution in [3.8, 4) is 0 Å². The predicted molar refractivity (Wildman–Crippen MR) is 127 cm³/mol. The second kappa shape index (κ2) is 6.55. The fraction of sp³-hybridized carbons (Fsp3) is 0.333. The Morgan fingerprint density at radius 3 is 1.61 bits per heavy atom. The van der Waals surface area contributed by atoms with Crippen molar-refractivity contribution in [2.24, 2.45) is 0 Å².